The van der Waals surface area contributed by atoms with Gasteiger partial charge in [0.2, 0.25) is 0 Å². The first-order valence-corrected chi connectivity index (χ1v) is 13.4. The average molecular weight is 547 g/mol. The summed E-state index contributed by atoms with van der Waals surface area (Å²) in [6.45, 7) is 10.3. The van der Waals surface area contributed by atoms with Gasteiger partial charge in [0.05, 0.1) is 0 Å². The van der Waals surface area contributed by atoms with Crippen molar-refractivity contribution in [2.45, 2.75) is 78.0 Å². The Labute approximate surface area is 236 Å². The van der Waals surface area contributed by atoms with Gasteiger partial charge < -0.3 is 20.2 Å². The molecule has 0 aromatic heterocycles. The molecule has 0 spiro atoms. The summed E-state index contributed by atoms with van der Waals surface area (Å²) in [5, 5.41) is 30.6. The van der Waals surface area contributed by atoms with E-state index >= 15 is 0 Å². The maximum Gasteiger partial charge on any atom is 0.193 e. The minimum absolute atomic E-state index is 0.369. The highest BCUT2D eigenvalue weighted by atomic mass is 16.3. The molecule has 0 saturated heterocycles. The van der Waals surface area contributed by atoms with Crippen LogP contribution in [0.2, 0.25) is 0 Å². The minimum atomic E-state index is -1.49. The second kappa shape index (κ2) is 11.9. The summed E-state index contributed by atoms with van der Waals surface area (Å²) in [4.78, 5) is 39.1. The van der Waals surface area contributed by atoms with Gasteiger partial charge in [0.15, 0.2) is 17.3 Å². The molecule has 0 aliphatic heterocycles. The molecule has 212 valence electrons. The molecule has 40 heavy (non-hydrogen) atoms. The maximum atomic E-state index is 12.7. The molecule has 0 heterocycles. The van der Waals surface area contributed by atoms with Crippen molar-refractivity contribution in [3.63, 3.8) is 0 Å². The van der Waals surface area contributed by atoms with Crippen molar-refractivity contribution in [2.75, 3.05) is 0 Å². The third-order valence-corrected chi connectivity index (χ3v) is 6.60. The lowest BCUT2D eigenvalue weighted by atomic mass is 9.94. The van der Waals surface area contributed by atoms with Crippen LogP contribution in [0, 0.1) is 0 Å². The zero-order valence-electron chi connectivity index (χ0n) is 24.1. The number of carbonyl (C=O) groups excluding carboxylic acids is 3. The standard InChI is InChI=1S/C33H39NO6/c1-31(2,38)28(35)25-13-7-10-22(16-25)19-34(20-23-11-8-14-26(17-23)29(36)32(3,4)39)21-24-12-9-15-27(18-24)30(37)33(5,6)40/h7-18,38-40H,19-21H2,1-6H3/p+1. The quantitative estimate of drug-likeness (QED) is 0.259. The summed E-state index contributed by atoms with van der Waals surface area (Å²) >= 11 is 0. The Morgan fingerprint density at radius 3 is 1.00 bits per heavy atom. The van der Waals surface area contributed by atoms with Crippen molar-refractivity contribution in [1.82, 2.24) is 0 Å². The molecule has 3 aromatic rings. The van der Waals surface area contributed by atoms with Crippen LogP contribution in [0.3, 0.4) is 0 Å². The van der Waals surface area contributed by atoms with Gasteiger partial charge in [-0.15, -0.1) is 0 Å². The number of ketones is 3. The molecule has 0 fully saturated rings. The van der Waals surface area contributed by atoms with Crippen LogP contribution in [0.5, 0.6) is 0 Å². The lowest BCUT2D eigenvalue weighted by Crippen LogP contribution is -3.08. The van der Waals surface area contributed by atoms with Crippen molar-refractivity contribution < 1.29 is 34.6 Å². The summed E-state index contributed by atoms with van der Waals surface area (Å²) < 4.78 is 0. The molecular formula is C33H40NO6+. The van der Waals surface area contributed by atoms with Crippen molar-refractivity contribution in [3.05, 3.63) is 106 Å². The minimum Gasteiger partial charge on any atom is -0.382 e. The van der Waals surface area contributed by atoms with Crippen molar-refractivity contribution in [2.24, 2.45) is 0 Å². The fraction of sp³-hybridized carbons (Fsp3) is 0.364. The fourth-order valence-electron chi connectivity index (χ4n) is 4.58. The maximum absolute atomic E-state index is 12.7. The van der Waals surface area contributed by atoms with Crippen LogP contribution >= 0.6 is 0 Å². The molecule has 3 aromatic carbocycles. The summed E-state index contributed by atoms with van der Waals surface area (Å²) in [7, 11) is 0. The van der Waals surface area contributed by atoms with Gasteiger partial charge in [-0.2, -0.15) is 0 Å². The van der Waals surface area contributed by atoms with Gasteiger partial charge >= 0.3 is 0 Å². The number of nitrogens with one attached hydrogen (secondary N) is 1. The first-order chi connectivity index (χ1) is 18.4. The molecule has 4 N–H and O–H groups in total. The largest absolute Gasteiger partial charge is 0.382 e. The third kappa shape index (κ3) is 8.26. The Balaban J connectivity index is 1.96. The zero-order chi connectivity index (χ0) is 29.9. The van der Waals surface area contributed by atoms with Crippen molar-refractivity contribution in [1.29, 1.82) is 0 Å². The molecule has 0 radical (unpaired) electrons. The fourth-order valence-corrected chi connectivity index (χ4v) is 4.58. The SMILES string of the molecule is CC(C)(O)C(=O)c1cccc(C[NH+](Cc2cccc(C(=O)C(C)(C)O)c2)Cc2cccc(C(=O)C(C)(C)O)c2)c1. The summed E-state index contributed by atoms with van der Waals surface area (Å²) in [6.07, 6.45) is 0. The number of rotatable bonds is 12. The molecule has 0 aliphatic carbocycles. The lowest BCUT2D eigenvalue weighted by molar-refractivity contribution is -0.941. The van der Waals surface area contributed by atoms with Crippen LogP contribution in [-0.2, 0) is 19.6 Å². The number of carbonyl (C=O) groups is 3. The number of aliphatic hydroxyl groups is 3. The Hall–Kier alpha value is -3.49. The molecule has 7 heteroatoms. The molecular weight excluding hydrogens is 506 g/mol. The number of benzene rings is 3. The van der Waals surface area contributed by atoms with Crippen LogP contribution in [0.25, 0.3) is 0 Å². The van der Waals surface area contributed by atoms with Gasteiger partial charge in [-0.05, 0) is 59.7 Å². The van der Waals surface area contributed by atoms with Gasteiger partial charge in [0, 0.05) is 33.4 Å². The first-order valence-electron chi connectivity index (χ1n) is 13.4. The highest BCUT2D eigenvalue weighted by molar-refractivity contribution is 6.02. The first kappa shape index (κ1) is 31.0. The van der Waals surface area contributed by atoms with E-state index in [-0.39, 0.29) is 17.3 Å². The Morgan fingerprint density at radius 1 is 0.525 bits per heavy atom. The Morgan fingerprint density at radius 2 is 0.775 bits per heavy atom. The Kier molecular flexibility index (Phi) is 9.27. The highest BCUT2D eigenvalue weighted by Crippen LogP contribution is 2.17. The molecule has 0 unspecified atom stereocenters. The topological polar surface area (TPSA) is 116 Å². The number of hydrogen-bond donors (Lipinski definition) is 4. The summed E-state index contributed by atoms with van der Waals surface area (Å²) in [6, 6.07) is 21.5. The number of quaternary nitrogens is 1. The highest BCUT2D eigenvalue weighted by Gasteiger charge is 2.28. The van der Waals surface area contributed by atoms with Gasteiger partial charge in [-0.25, -0.2) is 0 Å². The van der Waals surface area contributed by atoms with E-state index < -0.39 is 16.8 Å². The molecule has 0 aliphatic rings. The second-order valence-electron chi connectivity index (χ2n) is 12.0. The summed E-state index contributed by atoms with van der Waals surface area (Å²) in [5.74, 6) is -1.11. The van der Waals surface area contributed by atoms with Crippen LogP contribution < -0.4 is 4.90 Å². The van der Waals surface area contributed by atoms with E-state index in [0.29, 0.717) is 36.3 Å². The van der Waals surface area contributed by atoms with E-state index in [0.717, 1.165) is 21.6 Å². The molecule has 0 atom stereocenters. The lowest BCUT2D eigenvalue weighted by Gasteiger charge is -2.22. The van der Waals surface area contributed by atoms with E-state index in [9.17, 15) is 29.7 Å². The second-order valence-corrected chi connectivity index (χ2v) is 12.0. The van der Waals surface area contributed by atoms with Gasteiger partial charge in [-0.3, -0.25) is 14.4 Å². The molecule has 3 rings (SSSR count). The van der Waals surface area contributed by atoms with E-state index in [1.807, 2.05) is 18.2 Å². The number of Topliss-reactive ketones (excluding diaryl/α,β-unsaturated/α-hetero) is 3. The van der Waals surface area contributed by atoms with Crippen molar-refractivity contribution in [3.8, 4) is 0 Å². The Bertz CT molecular complexity index is 1220. The monoisotopic (exact) mass is 546 g/mol. The van der Waals surface area contributed by atoms with Crippen LogP contribution in [0.1, 0.15) is 89.3 Å². The van der Waals surface area contributed by atoms with Gasteiger partial charge in [0.1, 0.15) is 36.4 Å². The van der Waals surface area contributed by atoms with Gasteiger partial charge in [-0.1, -0.05) is 54.6 Å². The number of hydrogen-bond acceptors (Lipinski definition) is 6. The van der Waals surface area contributed by atoms with E-state index in [1.54, 1.807) is 54.6 Å². The average Bonchev–Trinajstić information content (AvgIpc) is 2.86. The predicted octanol–water partition coefficient (Wildman–Crippen LogP) is 3.33. The van der Waals surface area contributed by atoms with Crippen LogP contribution in [-0.4, -0.2) is 49.5 Å². The third-order valence-electron chi connectivity index (χ3n) is 6.60. The van der Waals surface area contributed by atoms with E-state index in [2.05, 4.69) is 0 Å². The molecule has 0 amide bonds. The summed E-state index contributed by atoms with van der Waals surface area (Å²) in [5.41, 5.74) is -0.572. The van der Waals surface area contributed by atoms with Crippen LogP contribution in [0.4, 0.5) is 0 Å². The predicted molar refractivity (Wildman–Crippen MR) is 153 cm³/mol. The molecule has 0 saturated carbocycles. The zero-order valence-corrected chi connectivity index (χ0v) is 24.1. The normalized spacial score (nSPS) is 12.4. The van der Waals surface area contributed by atoms with Crippen LogP contribution in [0.15, 0.2) is 72.8 Å². The smallest absolute Gasteiger partial charge is 0.193 e. The van der Waals surface area contributed by atoms with Gasteiger partial charge in [0.25, 0.3) is 0 Å². The molecule has 0 bridgehead atoms. The molecule has 7 nitrogen and oxygen atoms in total. The van der Waals surface area contributed by atoms with E-state index in [1.165, 1.54) is 41.5 Å². The van der Waals surface area contributed by atoms with E-state index in [4.69, 9.17) is 0 Å². The van der Waals surface area contributed by atoms with Crippen molar-refractivity contribution >= 4 is 17.3 Å².